The molecule has 0 radical (unpaired) electrons. The van der Waals surface area contributed by atoms with Crippen LogP contribution in [-0.4, -0.2) is 23.9 Å². The molecule has 0 atom stereocenters. The Hall–Kier alpha value is -1.58. The van der Waals surface area contributed by atoms with Gasteiger partial charge in [0.05, 0.1) is 5.69 Å². The molecule has 0 amide bonds. The monoisotopic (exact) mass is 218 g/mol. The Morgan fingerprint density at radius 3 is 2.94 bits per heavy atom. The van der Waals surface area contributed by atoms with Crippen LogP contribution in [0.4, 0.5) is 5.69 Å². The fourth-order valence-electron chi connectivity index (χ4n) is 1.87. The zero-order valence-corrected chi connectivity index (χ0v) is 9.61. The summed E-state index contributed by atoms with van der Waals surface area (Å²) in [6.45, 7) is 4.12. The van der Waals surface area contributed by atoms with Crippen LogP contribution in [0.2, 0.25) is 0 Å². The van der Waals surface area contributed by atoms with Crippen molar-refractivity contribution in [1.29, 1.82) is 5.41 Å². The van der Waals surface area contributed by atoms with E-state index in [1.165, 1.54) is 12.8 Å². The lowest BCUT2D eigenvalue weighted by Crippen LogP contribution is -2.28. The second-order valence-corrected chi connectivity index (χ2v) is 4.27. The molecule has 86 valence electrons. The summed E-state index contributed by atoms with van der Waals surface area (Å²) in [5, 5.41) is 7.53. The van der Waals surface area contributed by atoms with Crippen molar-refractivity contribution in [3.63, 3.8) is 0 Å². The van der Waals surface area contributed by atoms with Crippen LogP contribution < -0.4 is 10.6 Å². The predicted molar refractivity (Wildman–Crippen MR) is 65.9 cm³/mol. The maximum atomic E-state index is 7.53. The van der Waals surface area contributed by atoms with Crippen LogP contribution >= 0.6 is 0 Å². The molecule has 1 saturated carbocycles. The Labute approximate surface area is 96.0 Å². The lowest BCUT2D eigenvalue weighted by molar-refractivity contribution is 0.739. The maximum absolute atomic E-state index is 7.53. The molecule has 2 rings (SSSR count). The van der Waals surface area contributed by atoms with Gasteiger partial charge in [0.25, 0.3) is 0 Å². The molecule has 1 fully saturated rings. The van der Waals surface area contributed by atoms with E-state index in [4.69, 9.17) is 11.1 Å². The van der Waals surface area contributed by atoms with Gasteiger partial charge in [0.15, 0.2) is 0 Å². The molecule has 1 aromatic rings. The predicted octanol–water partition coefficient (Wildman–Crippen LogP) is 1.60. The lowest BCUT2D eigenvalue weighted by atomic mass is 10.2. The molecule has 1 aliphatic carbocycles. The van der Waals surface area contributed by atoms with Crippen LogP contribution in [0.1, 0.15) is 25.5 Å². The highest BCUT2D eigenvalue weighted by Crippen LogP contribution is 2.31. The highest BCUT2D eigenvalue weighted by atomic mass is 15.1. The third-order valence-corrected chi connectivity index (χ3v) is 2.94. The minimum atomic E-state index is 0.0462. The van der Waals surface area contributed by atoms with Crippen LogP contribution in [0.15, 0.2) is 18.3 Å². The normalized spacial score (nSPS) is 14.8. The zero-order chi connectivity index (χ0) is 11.5. The largest absolute Gasteiger partial charge is 0.382 e. The molecule has 0 spiro atoms. The molecule has 0 unspecified atom stereocenters. The van der Waals surface area contributed by atoms with Crippen LogP contribution in [0, 0.1) is 11.3 Å². The average Bonchev–Trinajstić information content (AvgIpc) is 3.09. The van der Waals surface area contributed by atoms with E-state index in [-0.39, 0.29) is 5.84 Å². The van der Waals surface area contributed by atoms with Gasteiger partial charge in [-0.2, -0.15) is 0 Å². The van der Waals surface area contributed by atoms with E-state index in [0.29, 0.717) is 5.69 Å². The Morgan fingerprint density at radius 1 is 1.62 bits per heavy atom. The smallest absolute Gasteiger partial charge is 0.143 e. The Balaban J connectivity index is 2.24. The third-order valence-electron chi connectivity index (χ3n) is 2.94. The number of hydrogen-bond donors (Lipinski definition) is 2. The van der Waals surface area contributed by atoms with Crippen molar-refractivity contribution in [2.45, 2.75) is 19.8 Å². The first kappa shape index (κ1) is 10.9. The minimum Gasteiger partial charge on any atom is -0.382 e. The molecule has 16 heavy (non-hydrogen) atoms. The Kier molecular flexibility index (Phi) is 3.08. The van der Waals surface area contributed by atoms with E-state index < -0.39 is 0 Å². The quantitative estimate of drug-likeness (QED) is 0.582. The van der Waals surface area contributed by atoms with E-state index in [2.05, 4.69) is 16.8 Å². The van der Waals surface area contributed by atoms with Gasteiger partial charge in [0.1, 0.15) is 11.5 Å². The molecule has 1 aliphatic rings. The highest BCUT2D eigenvalue weighted by Gasteiger charge is 2.25. The number of anilines is 1. The molecule has 1 aromatic heterocycles. The van der Waals surface area contributed by atoms with E-state index >= 15 is 0 Å². The summed E-state index contributed by atoms with van der Waals surface area (Å²) in [5.74, 6) is 0.866. The molecule has 4 heteroatoms. The average molecular weight is 218 g/mol. The molecule has 0 saturated heterocycles. The van der Waals surface area contributed by atoms with Crippen molar-refractivity contribution in [2.75, 3.05) is 18.0 Å². The Bertz CT molecular complexity index is 384. The summed E-state index contributed by atoms with van der Waals surface area (Å²) in [5.41, 5.74) is 7.14. The first-order chi connectivity index (χ1) is 7.72. The SMILES string of the molecule is CCN(CC1CC1)c1cccnc1C(=N)N. The van der Waals surface area contributed by atoms with E-state index in [9.17, 15) is 0 Å². The van der Waals surface area contributed by atoms with E-state index in [0.717, 1.165) is 24.7 Å². The summed E-state index contributed by atoms with van der Waals surface area (Å²) in [7, 11) is 0. The van der Waals surface area contributed by atoms with Gasteiger partial charge in [-0.3, -0.25) is 10.4 Å². The van der Waals surface area contributed by atoms with Crippen LogP contribution in [0.5, 0.6) is 0 Å². The fourth-order valence-corrected chi connectivity index (χ4v) is 1.87. The van der Waals surface area contributed by atoms with Crippen molar-refractivity contribution >= 4 is 11.5 Å². The zero-order valence-electron chi connectivity index (χ0n) is 9.61. The van der Waals surface area contributed by atoms with Crippen LogP contribution in [0.3, 0.4) is 0 Å². The first-order valence-corrected chi connectivity index (χ1v) is 5.76. The standard InChI is InChI=1S/C12H18N4/c1-2-16(8-9-5-6-9)10-4-3-7-15-11(10)12(13)14/h3-4,7,9H,2,5-6,8H2,1H3,(H3,13,14). The number of pyridine rings is 1. The molecule has 0 aliphatic heterocycles. The van der Waals surface area contributed by atoms with Crippen molar-refractivity contribution in [1.82, 2.24) is 4.98 Å². The number of amidine groups is 1. The van der Waals surface area contributed by atoms with E-state index in [1.807, 2.05) is 12.1 Å². The molecular weight excluding hydrogens is 200 g/mol. The molecule has 0 bridgehead atoms. The van der Waals surface area contributed by atoms with Gasteiger partial charge >= 0.3 is 0 Å². The van der Waals surface area contributed by atoms with Crippen LogP contribution in [-0.2, 0) is 0 Å². The Morgan fingerprint density at radius 2 is 2.38 bits per heavy atom. The van der Waals surface area contributed by atoms with Gasteiger partial charge in [-0.25, -0.2) is 0 Å². The summed E-state index contributed by atoms with van der Waals surface area (Å²) < 4.78 is 0. The first-order valence-electron chi connectivity index (χ1n) is 5.76. The number of nitrogen functional groups attached to an aromatic ring is 1. The van der Waals surface area contributed by atoms with Gasteiger partial charge < -0.3 is 10.6 Å². The second kappa shape index (κ2) is 4.51. The topological polar surface area (TPSA) is 66.0 Å². The minimum absolute atomic E-state index is 0.0462. The van der Waals surface area contributed by atoms with Crippen LogP contribution in [0.25, 0.3) is 0 Å². The summed E-state index contributed by atoms with van der Waals surface area (Å²) in [6, 6.07) is 3.90. The molecule has 4 nitrogen and oxygen atoms in total. The van der Waals surface area contributed by atoms with Crippen molar-refractivity contribution < 1.29 is 0 Å². The van der Waals surface area contributed by atoms with Crippen molar-refractivity contribution in [2.24, 2.45) is 11.7 Å². The molecule has 3 N–H and O–H groups in total. The number of aromatic nitrogens is 1. The summed E-state index contributed by atoms with van der Waals surface area (Å²) in [4.78, 5) is 6.45. The lowest BCUT2D eigenvalue weighted by Gasteiger charge is -2.24. The van der Waals surface area contributed by atoms with Gasteiger partial charge in [-0.15, -0.1) is 0 Å². The number of nitrogens with one attached hydrogen (secondary N) is 1. The maximum Gasteiger partial charge on any atom is 0.143 e. The van der Waals surface area contributed by atoms with E-state index in [1.54, 1.807) is 6.20 Å². The third kappa shape index (κ3) is 2.32. The summed E-state index contributed by atoms with van der Waals surface area (Å²) >= 11 is 0. The van der Waals surface area contributed by atoms with Gasteiger partial charge in [-0.05, 0) is 37.8 Å². The number of hydrogen-bond acceptors (Lipinski definition) is 3. The van der Waals surface area contributed by atoms with Gasteiger partial charge in [-0.1, -0.05) is 0 Å². The number of nitrogens with two attached hydrogens (primary N) is 1. The summed E-state index contributed by atoms with van der Waals surface area (Å²) in [6.07, 6.45) is 4.34. The van der Waals surface area contributed by atoms with Crippen molar-refractivity contribution in [3.05, 3.63) is 24.0 Å². The molecule has 1 heterocycles. The van der Waals surface area contributed by atoms with Crippen molar-refractivity contribution in [3.8, 4) is 0 Å². The van der Waals surface area contributed by atoms with Gasteiger partial charge in [0.2, 0.25) is 0 Å². The molecule has 0 aromatic carbocycles. The second-order valence-electron chi connectivity index (χ2n) is 4.27. The van der Waals surface area contributed by atoms with Gasteiger partial charge in [0, 0.05) is 19.3 Å². The fraction of sp³-hybridized carbons (Fsp3) is 0.500. The molecular formula is C12H18N4. The number of rotatable bonds is 5. The number of nitrogens with zero attached hydrogens (tertiary/aromatic N) is 2. The highest BCUT2D eigenvalue weighted by molar-refractivity contribution is 5.98.